The third-order valence-corrected chi connectivity index (χ3v) is 5.32. The summed E-state index contributed by atoms with van der Waals surface area (Å²) in [5, 5.41) is 0. The van der Waals surface area contributed by atoms with Crippen molar-refractivity contribution in [2.45, 2.75) is 57.7 Å². The van der Waals surface area contributed by atoms with Gasteiger partial charge in [-0.2, -0.15) is 18.2 Å². The topological polar surface area (TPSA) is 63.7 Å². The second kappa shape index (κ2) is 8.86. The van der Waals surface area contributed by atoms with E-state index in [1.165, 1.54) is 7.11 Å². The van der Waals surface area contributed by atoms with Gasteiger partial charge in [0.25, 0.3) is 5.91 Å². The summed E-state index contributed by atoms with van der Waals surface area (Å²) in [6.45, 7) is 6.87. The van der Waals surface area contributed by atoms with E-state index in [-0.39, 0.29) is 22.8 Å². The first kappa shape index (κ1) is 23.1. The molecule has 0 unspecified atom stereocenters. The van der Waals surface area contributed by atoms with Gasteiger partial charge in [-0.05, 0) is 48.1 Å². The van der Waals surface area contributed by atoms with Crippen LogP contribution in [0.2, 0.25) is 0 Å². The summed E-state index contributed by atoms with van der Waals surface area (Å²) in [5.74, 6) is -0.770. The molecular weight excluding hydrogens is 409 g/mol. The summed E-state index contributed by atoms with van der Waals surface area (Å²) in [5.41, 5.74) is 0.774. The van der Waals surface area contributed by atoms with Gasteiger partial charge in [0.2, 0.25) is 0 Å². The van der Waals surface area contributed by atoms with Gasteiger partial charge in [-0.15, -0.1) is 0 Å². The van der Waals surface area contributed by atoms with E-state index in [0.29, 0.717) is 18.5 Å². The average Bonchev–Trinajstić information content (AvgIpc) is 3.20. The minimum Gasteiger partial charge on any atom is -0.496 e. The van der Waals surface area contributed by atoms with Crippen LogP contribution in [0, 0.1) is 0 Å². The number of H-pyrrole nitrogens is 1. The summed E-state index contributed by atoms with van der Waals surface area (Å²) >= 11 is 0. The second-order valence-corrected chi connectivity index (χ2v) is 8.64. The first-order chi connectivity index (χ1) is 14.5. The molecule has 2 aromatic rings. The van der Waals surface area contributed by atoms with Crippen molar-refractivity contribution in [1.82, 2.24) is 4.98 Å². The molecule has 0 spiro atoms. The maximum Gasteiger partial charge on any atom is 0.416 e. The number of carbonyl (C=O) groups is 1. The normalized spacial score (nSPS) is 17.8. The molecule has 168 valence electrons. The smallest absolute Gasteiger partial charge is 0.416 e. The number of carbonyl (C=O) groups excluding carboxylic acids is 1. The first-order valence-electron chi connectivity index (χ1n) is 10.2. The van der Waals surface area contributed by atoms with Crippen LogP contribution < -0.4 is 10.2 Å². The lowest BCUT2D eigenvalue weighted by atomic mass is 9.83. The first-order valence-corrected chi connectivity index (χ1v) is 10.2. The molecule has 0 bridgehead atoms. The van der Waals surface area contributed by atoms with Crippen molar-refractivity contribution < 1.29 is 27.4 Å². The molecule has 0 radical (unpaired) electrons. The number of hydrogen-bond donors (Lipinski definition) is 1. The predicted octanol–water partition coefficient (Wildman–Crippen LogP) is 4.80. The molecule has 1 saturated heterocycles. The van der Waals surface area contributed by atoms with Gasteiger partial charge in [0.05, 0.1) is 24.3 Å². The Balaban J connectivity index is 2.12. The highest BCUT2D eigenvalue weighted by Crippen LogP contribution is 2.33. The fourth-order valence-electron chi connectivity index (χ4n) is 3.77. The van der Waals surface area contributed by atoms with Gasteiger partial charge in [-0.1, -0.05) is 20.8 Å². The number of pyridine rings is 1. The molecule has 1 aromatic heterocycles. The van der Waals surface area contributed by atoms with Crippen molar-refractivity contribution in [2.24, 2.45) is 4.99 Å². The van der Waals surface area contributed by atoms with Crippen LogP contribution in [0.4, 0.5) is 13.2 Å². The number of amides is 1. The Morgan fingerprint density at radius 3 is 2.58 bits per heavy atom. The van der Waals surface area contributed by atoms with Crippen molar-refractivity contribution in [1.29, 1.82) is 0 Å². The van der Waals surface area contributed by atoms with Crippen LogP contribution in [-0.4, -0.2) is 30.7 Å². The molecule has 0 saturated carbocycles. The maximum atomic E-state index is 13.2. The third kappa shape index (κ3) is 5.36. The number of halogens is 3. The van der Waals surface area contributed by atoms with E-state index >= 15 is 0 Å². The fourth-order valence-corrected chi connectivity index (χ4v) is 3.77. The van der Waals surface area contributed by atoms with Crippen molar-refractivity contribution >= 4 is 5.91 Å². The number of nitrogens with zero attached hydrogens (tertiary/aromatic N) is 1. The Morgan fingerprint density at radius 2 is 2.00 bits per heavy atom. The number of methoxy groups -OCH3 is 1. The van der Waals surface area contributed by atoms with E-state index in [1.807, 2.05) is 6.07 Å². The van der Waals surface area contributed by atoms with Gasteiger partial charge in [0, 0.05) is 24.8 Å². The Hall–Kier alpha value is -2.61. The van der Waals surface area contributed by atoms with Crippen LogP contribution in [0.5, 0.6) is 5.75 Å². The second-order valence-electron chi connectivity index (χ2n) is 8.64. The predicted molar refractivity (Wildman–Crippen MR) is 110 cm³/mol. The summed E-state index contributed by atoms with van der Waals surface area (Å²) in [4.78, 5) is 20.1. The van der Waals surface area contributed by atoms with Crippen LogP contribution in [0.25, 0.3) is 0 Å². The van der Waals surface area contributed by atoms with E-state index < -0.39 is 17.6 Å². The molecule has 1 aliphatic rings. The Bertz CT molecular complexity index is 1010. The Labute approximate surface area is 179 Å². The van der Waals surface area contributed by atoms with Gasteiger partial charge in [0.15, 0.2) is 0 Å². The SMILES string of the molecule is COc1ccc(C(F)(F)F)cc1C(=O)/N=c1/[nH]ccc(C(C)(C)C)c1C[C@H]1CCCO1. The number of alkyl halides is 3. The molecule has 1 N–H and O–H groups in total. The van der Waals surface area contributed by atoms with Crippen molar-refractivity contribution in [3.63, 3.8) is 0 Å². The molecule has 1 atom stereocenters. The number of aromatic nitrogens is 1. The van der Waals surface area contributed by atoms with Crippen molar-refractivity contribution in [3.05, 3.63) is 58.2 Å². The third-order valence-electron chi connectivity index (χ3n) is 5.32. The number of benzene rings is 1. The number of rotatable bonds is 4. The zero-order chi connectivity index (χ0) is 22.8. The molecule has 1 amide bonds. The van der Waals surface area contributed by atoms with Crippen LogP contribution >= 0.6 is 0 Å². The molecule has 3 rings (SSSR count). The van der Waals surface area contributed by atoms with E-state index in [4.69, 9.17) is 9.47 Å². The lowest BCUT2D eigenvalue weighted by Crippen LogP contribution is -2.28. The average molecular weight is 436 g/mol. The lowest BCUT2D eigenvalue weighted by Gasteiger charge is -2.24. The molecule has 0 aliphatic carbocycles. The summed E-state index contributed by atoms with van der Waals surface area (Å²) in [7, 11) is 1.30. The monoisotopic (exact) mass is 436 g/mol. The van der Waals surface area contributed by atoms with E-state index in [9.17, 15) is 18.0 Å². The molecule has 1 aliphatic heterocycles. The fraction of sp³-hybridized carbons (Fsp3) is 0.478. The molecule has 2 heterocycles. The largest absolute Gasteiger partial charge is 0.496 e. The highest BCUT2D eigenvalue weighted by molar-refractivity contribution is 5.97. The number of aromatic amines is 1. The van der Waals surface area contributed by atoms with Gasteiger partial charge in [0.1, 0.15) is 11.2 Å². The molecule has 1 fully saturated rings. The molecule has 1 aromatic carbocycles. The Morgan fingerprint density at radius 1 is 1.26 bits per heavy atom. The van der Waals surface area contributed by atoms with Gasteiger partial charge < -0.3 is 14.5 Å². The Kier molecular flexibility index (Phi) is 6.59. The zero-order valence-electron chi connectivity index (χ0n) is 18.1. The summed E-state index contributed by atoms with van der Waals surface area (Å²) in [6.07, 6.45) is -0.425. The summed E-state index contributed by atoms with van der Waals surface area (Å²) < 4.78 is 50.4. The van der Waals surface area contributed by atoms with Crippen molar-refractivity contribution in [2.75, 3.05) is 13.7 Å². The summed E-state index contributed by atoms with van der Waals surface area (Å²) in [6, 6.07) is 4.73. The minimum absolute atomic E-state index is 0.0176. The zero-order valence-corrected chi connectivity index (χ0v) is 18.1. The van der Waals surface area contributed by atoms with Crippen LogP contribution in [0.15, 0.2) is 35.5 Å². The van der Waals surface area contributed by atoms with Crippen LogP contribution in [-0.2, 0) is 22.7 Å². The van der Waals surface area contributed by atoms with Crippen LogP contribution in [0.1, 0.15) is 60.7 Å². The minimum atomic E-state index is -4.58. The quantitative estimate of drug-likeness (QED) is 0.749. The van der Waals surface area contributed by atoms with Gasteiger partial charge >= 0.3 is 6.18 Å². The van der Waals surface area contributed by atoms with Gasteiger partial charge in [-0.3, -0.25) is 4.79 Å². The maximum absolute atomic E-state index is 13.2. The van der Waals surface area contributed by atoms with Gasteiger partial charge in [-0.25, -0.2) is 0 Å². The highest BCUT2D eigenvalue weighted by atomic mass is 19.4. The molecular formula is C23H27F3N2O3. The molecule has 5 nitrogen and oxygen atoms in total. The standard InChI is InChI=1S/C23H27F3N2O3/c1-22(2,3)18-9-10-27-20(16(18)13-15-6-5-11-31-15)28-21(29)17-12-14(23(24,25)26)7-8-19(17)30-4/h7-10,12,15H,5-6,11,13H2,1-4H3,(H,27,28,29)/t15-/m1/s1. The highest BCUT2D eigenvalue weighted by Gasteiger charge is 2.32. The van der Waals surface area contributed by atoms with E-state index in [2.05, 4.69) is 30.7 Å². The lowest BCUT2D eigenvalue weighted by molar-refractivity contribution is -0.137. The number of nitrogens with one attached hydrogen (secondary N) is 1. The number of ether oxygens (including phenoxy) is 2. The molecule has 8 heteroatoms. The number of hydrogen-bond acceptors (Lipinski definition) is 3. The van der Waals surface area contributed by atoms with Crippen molar-refractivity contribution in [3.8, 4) is 5.75 Å². The van der Waals surface area contributed by atoms with E-state index in [1.54, 1.807) is 6.20 Å². The molecule has 31 heavy (non-hydrogen) atoms. The van der Waals surface area contributed by atoms with E-state index in [0.717, 1.165) is 42.2 Å². The van der Waals surface area contributed by atoms with Crippen LogP contribution in [0.3, 0.4) is 0 Å².